The van der Waals surface area contributed by atoms with E-state index in [4.69, 9.17) is 9.47 Å². The van der Waals surface area contributed by atoms with Crippen molar-refractivity contribution in [3.8, 4) is 5.75 Å². The minimum absolute atomic E-state index is 0.139. The third-order valence-corrected chi connectivity index (χ3v) is 6.07. The number of aliphatic hydroxyl groups excluding tert-OH is 2. The fourth-order valence-corrected chi connectivity index (χ4v) is 4.25. The molecule has 0 saturated heterocycles. The third-order valence-electron chi connectivity index (χ3n) is 6.07. The number of para-hydroxylation sites is 1. The molecule has 1 atom stereocenters. The molecule has 0 bridgehead atoms. The van der Waals surface area contributed by atoms with Gasteiger partial charge in [-0.3, -0.25) is 4.90 Å². The lowest BCUT2D eigenvalue weighted by Gasteiger charge is -2.26. The van der Waals surface area contributed by atoms with E-state index in [1.165, 1.54) is 16.6 Å². The molecule has 3 rings (SSSR count). The Hall–Kier alpha value is -2.38. The molecule has 0 radical (unpaired) electrons. The summed E-state index contributed by atoms with van der Waals surface area (Å²) in [7, 11) is 0. The van der Waals surface area contributed by atoms with Gasteiger partial charge in [0.15, 0.2) is 0 Å². The molecule has 3 aromatic rings. The predicted molar refractivity (Wildman–Crippen MR) is 133 cm³/mol. The van der Waals surface area contributed by atoms with Crippen LogP contribution in [0.25, 0.3) is 10.9 Å². The number of hydrogen-bond donors (Lipinski definition) is 2. The lowest BCUT2D eigenvalue weighted by atomic mass is 10.2. The van der Waals surface area contributed by atoms with Crippen molar-refractivity contribution in [3.05, 3.63) is 65.4 Å². The summed E-state index contributed by atoms with van der Waals surface area (Å²) in [6.07, 6.45) is 0.161. The number of aliphatic hydroxyl groups is 2. The fraction of sp³-hybridized carbons (Fsp3) is 0.481. The fourth-order valence-electron chi connectivity index (χ4n) is 4.25. The molecule has 6 heteroatoms. The van der Waals surface area contributed by atoms with Gasteiger partial charge in [0, 0.05) is 49.4 Å². The van der Waals surface area contributed by atoms with Crippen molar-refractivity contribution >= 4 is 10.9 Å². The number of hydrogen-bond acceptors (Lipinski definition) is 5. The summed E-state index contributed by atoms with van der Waals surface area (Å²) < 4.78 is 13.2. The highest BCUT2D eigenvalue weighted by Crippen LogP contribution is 2.25. The zero-order valence-corrected chi connectivity index (χ0v) is 20.2. The molecular weight excluding hydrogens is 416 g/mol. The zero-order chi connectivity index (χ0) is 23.6. The first-order valence-corrected chi connectivity index (χ1v) is 11.9. The Balaban J connectivity index is 1.62. The number of ether oxygens (including phenoxy) is 2. The van der Waals surface area contributed by atoms with Crippen molar-refractivity contribution in [2.24, 2.45) is 0 Å². The van der Waals surface area contributed by atoms with Crippen LogP contribution in [0, 0.1) is 13.8 Å². The molecule has 0 fully saturated rings. The standard InChI is InChI=1S/C27H38N2O4/c1-4-32-16-17-33-25-12-10-23(11-13-25)18-28(14-7-15-30)19-24(31)20-29-22(3)21(2)26-8-5-6-9-27(26)29/h5-6,8-13,24,30-31H,4,7,14-20H2,1-3H3/t24-/m1/s1. The van der Waals surface area contributed by atoms with Gasteiger partial charge in [0.25, 0.3) is 0 Å². The van der Waals surface area contributed by atoms with Crippen LogP contribution in [0.15, 0.2) is 48.5 Å². The van der Waals surface area contributed by atoms with Crippen LogP contribution in [0.5, 0.6) is 5.75 Å². The van der Waals surface area contributed by atoms with E-state index in [0.29, 0.717) is 45.9 Å². The molecule has 0 unspecified atom stereocenters. The number of aromatic nitrogens is 1. The summed E-state index contributed by atoms with van der Waals surface area (Å²) in [5.41, 5.74) is 4.76. The van der Waals surface area contributed by atoms with Crippen LogP contribution < -0.4 is 4.74 Å². The SMILES string of the molecule is CCOCCOc1ccc(CN(CCCO)C[C@@H](O)Cn2c(C)c(C)c3ccccc32)cc1. The maximum Gasteiger partial charge on any atom is 0.119 e. The van der Waals surface area contributed by atoms with Crippen LogP contribution in [0.1, 0.15) is 30.2 Å². The Morgan fingerprint density at radius 1 is 1.03 bits per heavy atom. The largest absolute Gasteiger partial charge is 0.491 e. The molecule has 0 aliphatic rings. The van der Waals surface area contributed by atoms with Gasteiger partial charge in [0.2, 0.25) is 0 Å². The van der Waals surface area contributed by atoms with Crippen molar-refractivity contribution in [2.75, 3.05) is 39.5 Å². The summed E-state index contributed by atoms with van der Waals surface area (Å²) in [5, 5.41) is 21.6. The van der Waals surface area contributed by atoms with E-state index in [9.17, 15) is 10.2 Å². The Morgan fingerprint density at radius 3 is 2.52 bits per heavy atom. The maximum atomic E-state index is 11.0. The van der Waals surface area contributed by atoms with Crippen LogP contribution in [-0.2, 0) is 17.8 Å². The molecule has 0 aliphatic carbocycles. The number of fused-ring (bicyclic) bond motifs is 1. The number of benzene rings is 2. The molecule has 33 heavy (non-hydrogen) atoms. The first-order chi connectivity index (χ1) is 16.0. The Labute approximate surface area is 197 Å². The molecule has 1 aromatic heterocycles. The van der Waals surface area contributed by atoms with Crippen molar-refractivity contribution in [1.82, 2.24) is 9.47 Å². The van der Waals surface area contributed by atoms with Crippen LogP contribution in [-0.4, -0.2) is 65.3 Å². The van der Waals surface area contributed by atoms with Gasteiger partial charge in [-0.05, 0) is 56.5 Å². The molecule has 6 nitrogen and oxygen atoms in total. The molecule has 180 valence electrons. The van der Waals surface area contributed by atoms with E-state index in [1.54, 1.807) is 0 Å². The van der Waals surface area contributed by atoms with Crippen LogP contribution in [0.2, 0.25) is 0 Å². The molecule has 2 aromatic carbocycles. The third kappa shape index (κ3) is 7.05. The van der Waals surface area contributed by atoms with Crippen molar-refractivity contribution in [2.45, 2.75) is 46.4 Å². The monoisotopic (exact) mass is 454 g/mol. The predicted octanol–water partition coefficient (Wildman–Crippen LogP) is 3.92. The van der Waals surface area contributed by atoms with Crippen LogP contribution in [0.4, 0.5) is 0 Å². The van der Waals surface area contributed by atoms with E-state index in [1.807, 2.05) is 25.1 Å². The number of aryl methyl sites for hydroxylation is 1. The first kappa shape index (κ1) is 25.2. The average molecular weight is 455 g/mol. The minimum atomic E-state index is -0.515. The summed E-state index contributed by atoms with van der Waals surface area (Å²) in [5.74, 6) is 0.825. The molecule has 1 heterocycles. The number of rotatable bonds is 14. The maximum absolute atomic E-state index is 11.0. The topological polar surface area (TPSA) is 67.1 Å². The summed E-state index contributed by atoms with van der Waals surface area (Å²) >= 11 is 0. The molecule has 2 N–H and O–H groups in total. The zero-order valence-electron chi connectivity index (χ0n) is 20.2. The average Bonchev–Trinajstić information content (AvgIpc) is 3.06. The molecule has 0 spiro atoms. The molecule has 0 amide bonds. The Kier molecular flexibility index (Phi) is 9.76. The number of nitrogens with zero attached hydrogens (tertiary/aromatic N) is 2. The lowest BCUT2D eigenvalue weighted by molar-refractivity contribution is 0.0908. The normalized spacial score (nSPS) is 12.5. The summed E-state index contributed by atoms with van der Waals surface area (Å²) in [4.78, 5) is 2.21. The summed E-state index contributed by atoms with van der Waals surface area (Å²) in [6, 6.07) is 16.4. The van der Waals surface area contributed by atoms with E-state index in [2.05, 4.69) is 53.6 Å². The second-order valence-corrected chi connectivity index (χ2v) is 8.49. The van der Waals surface area contributed by atoms with Gasteiger partial charge in [-0.1, -0.05) is 30.3 Å². The van der Waals surface area contributed by atoms with Crippen LogP contribution >= 0.6 is 0 Å². The highest BCUT2D eigenvalue weighted by Gasteiger charge is 2.17. The highest BCUT2D eigenvalue weighted by atomic mass is 16.5. The van der Waals surface area contributed by atoms with Crippen LogP contribution in [0.3, 0.4) is 0 Å². The van der Waals surface area contributed by atoms with E-state index in [0.717, 1.165) is 23.4 Å². The van der Waals surface area contributed by atoms with E-state index < -0.39 is 6.10 Å². The molecule has 0 saturated carbocycles. The van der Waals surface area contributed by atoms with Gasteiger partial charge in [-0.15, -0.1) is 0 Å². The van der Waals surface area contributed by atoms with Gasteiger partial charge < -0.3 is 24.3 Å². The quantitative estimate of drug-likeness (QED) is 0.362. The second-order valence-electron chi connectivity index (χ2n) is 8.49. The Bertz CT molecular complexity index is 984. The van der Waals surface area contributed by atoms with Gasteiger partial charge in [-0.2, -0.15) is 0 Å². The van der Waals surface area contributed by atoms with Gasteiger partial charge in [0.1, 0.15) is 12.4 Å². The van der Waals surface area contributed by atoms with Gasteiger partial charge in [-0.25, -0.2) is 0 Å². The minimum Gasteiger partial charge on any atom is -0.491 e. The van der Waals surface area contributed by atoms with E-state index >= 15 is 0 Å². The first-order valence-electron chi connectivity index (χ1n) is 11.9. The summed E-state index contributed by atoms with van der Waals surface area (Å²) in [6.45, 7) is 10.7. The van der Waals surface area contributed by atoms with E-state index in [-0.39, 0.29) is 6.61 Å². The second kappa shape index (κ2) is 12.8. The van der Waals surface area contributed by atoms with Crippen molar-refractivity contribution < 1.29 is 19.7 Å². The van der Waals surface area contributed by atoms with Gasteiger partial charge in [0.05, 0.1) is 19.3 Å². The highest BCUT2D eigenvalue weighted by molar-refractivity contribution is 5.85. The lowest BCUT2D eigenvalue weighted by Crippen LogP contribution is -2.35. The molecular formula is C27H38N2O4. The van der Waals surface area contributed by atoms with Crippen molar-refractivity contribution in [3.63, 3.8) is 0 Å². The van der Waals surface area contributed by atoms with Crippen molar-refractivity contribution in [1.29, 1.82) is 0 Å². The molecule has 0 aliphatic heterocycles. The Morgan fingerprint density at radius 2 is 1.79 bits per heavy atom. The van der Waals surface area contributed by atoms with Gasteiger partial charge >= 0.3 is 0 Å². The smallest absolute Gasteiger partial charge is 0.119 e.